The van der Waals surface area contributed by atoms with Crippen LogP contribution in [0.5, 0.6) is 0 Å². The highest BCUT2D eigenvalue weighted by Crippen LogP contribution is 2.25. The minimum atomic E-state index is -4.63. The van der Waals surface area contributed by atoms with E-state index < -0.39 is 27.8 Å². The Morgan fingerprint density at radius 3 is 2.35 bits per heavy atom. The number of hydrogen-bond acceptors (Lipinski definition) is 4. The van der Waals surface area contributed by atoms with Crippen LogP contribution in [0.1, 0.15) is 13.8 Å². The van der Waals surface area contributed by atoms with E-state index in [0.29, 0.717) is 4.31 Å². The van der Waals surface area contributed by atoms with E-state index >= 15 is 0 Å². The number of sulfonamides is 1. The van der Waals surface area contributed by atoms with Gasteiger partial charge in [0.1, 0.15) is 6.54 Å². The average Bonchev–Trinajstić information content (AvgIpc) is 2.55. The molecule has 0 fully saturated rings. The molecule has 0 saturated carbocycles. The van der Waals surface area contributed by atoms with E-state index in [4.69, 9.17) is 5.73 Å². The lowest BCUT2D eigenvalue weighted by atomic mass is 10.2. The van der Waals surface area contributed by atoms with Gasteiger partial charge in [0.15, 0.2) is 10.8 Å². The summed E-state index contributed by atoms with van der Waals surface area (Å²) in [7, 11) is -3.00. The molecule has 10 heteroatoms. The molecule has 0 atom stereocenters. The fourth-order valence-electron chi connectivity index (χ4n) is 1.73. The van der Waals surface area contributed by atoms with Gasteiger partial charge in [0.05, 0.1) is 6.33 Å². The predicted octanol–water partition coefficient (Wildman–Crippen LogP) is 1.21. The smallest absolute Gasteiger partial charge is 0.381 e. The van der Waals surface area contributed by atoms with Crippen LogP contribution in [0.3, 0.4) is 0 Å². The standard InChI is InChI=1S/C10H17F3N4O2S/c1-7(2)4-17(5-10(11,12)13)20(18,19)9-8(14)15-6-16(9)3/h6-7H,4-5,14H2,1-3H3. The average molecular weight is 314 g/mol. The third-order valence-corrected chi connectivity index (χ3v) is 4.36. The van der Waals surface area contributed by atoms with E-state index in [1.165, 1.54) is 7.05 Å². The van der Waals surface area contributed by atoms with Crippen LogP contribution in [0.25, 0.3) is 0 Å². The quantitative estimate of drug-likeness (QED) is 0.886. The van der Waals surface area contributed by atoms with Crippen molar-refractivity contribution in [2.45, 2.75) is 25.0 Å². The number of imidazole rings is 1. The molecule has 0 aromatic carbocycles. The number of hydrogen-bond donors (Lipinski definition) is 1. The first kappa shape index (κ1) is 16.8. The van der Waals surface area contributed by atoms with Gasteiger partial charge in [0, 0.05) is 13.6 Å². The largest absolute Gasteiger partial charge is 0.402 e. The van der Waals surface area contributed by atoms with Crippen molar-refractivity contribution in [3.05, 3.63) is 6.33 Å². The number of anilines is 1. The summed E-state index contributed by atoms with van der Waals surface area (Å²) in [5.41, 5.74) is 5.44. The maximum absolute atomic E-state index is 12.6. The number of alkyl halides is 3. The lowest BCUT2D eigenvalue weighted by Crippen LogP contribution is -2.41. The first-order chi connectivity index (χ1) is 8.95. The number of nitrogens with two attached hydrogens (primary N) is 1. The second-order valence-corrected chi connectivity index (χ2v) is 6.71. The van der Waals surface area contributed by atoms with E-state index in [1.54, 1.807) is 13.8 Å². The molecule has 0 amide bonds. The zero-order chi connectivity index (χ0) is 15.7. The Kier molecular flexibility index (Phi) is 4.70. The van der Waals surface area contributed by atoms with Crippen LogP contribution < -0.4 is 5.73 Å². The molecular formula is C10H17F3N4O2S. The fourth-order valence-corrected chi connectivity index (χ4v) is 3.51. The van der Waals surface area contributed by atoms with Crippen molar-refractivity contribution < 1.29 is 21.6 Å². The van der Waals surface area contributed by atoms with Gasteiger partial charge in [-0.15, -0.1) is 0 Å². The van der Waals surface area contributed by atoms with Crippen molar-refractivity contribution in [2.75, 3.05) is 18.8 Å². The molecule has 2 N–H and O–H groups in total. The second-order valence-electron chi connectivity index (χ2n) is 4.85. The molecule has 0 aliphatic heterocycles. The topological polar surface area (TPSA) is 81.2 Å². The Morgan fingerprint density at radius 1 is 1.45 bits per heavy atom. The summed E-state index contributed by atoms with van der Waals surface area (Å²) >= 11 is 0. The summed E-state index contributed by atoms with van der Waals surface area (Å²) in [6.45, 7) is 1.45. The highest BCUT2D eigenvalue weighted by atomic mass is 32.2. The van der Waals surface area contributed by atoms with E-state index in [0.717, 1.165) is 10.9 Å². The Bertz CT molecular complexity index is 546. The van der Waals surface area contributed by atoms with Crippen molar-refractivity contribution in [1.29, 1.82) is 0 Å². The van der Waals surface area contributed by atoms with Gasteiger partial charge in [-0.3, -0.25) is 0 Å². The van der Waals surface area contributed by atoms with Gasteiger partial charge in [0.2, 0.25) is 0 Å². The number of rotatable bonds is 5. The van der Waals surface area contributed by atoms with Crippen molar-refractivity contribution >= 4 is 15.8 Å². The van der Waals surface area contributed by atoms with Crippen LogP contribution in [0.4, 0.5) is 19.0 Å². The van der Waals surface area contributed by atoms with Crippen LogP contribution in [0.15, 0.2) is 11.4 Å². The van der Waals surface area contributed by atoms with E-state index in [-0.39, 0.29) is 18.3 Å². The van der Waals surface area contributed by atoms with Crippen LogP contribution >= 0.6 is 0 Å². The van der Waals surface area contributed by atoms with Gasteiger partial charge >= 0.3 is 6.18 Å². The van der Waals surface area contributed by atoms with E-state index in [9.17, 15) is 21.6 Å². The first-order valence-electron chi connectivity index (χ1n) is 5.79. The molecule has 1 heterocycles. The molecule has 0 aliphatic rings. The van der Waals surface area contributed by atoms with Crippen LogP contribution in [0.2, 0.25) is 0 Å². The third kappa shape index (κ3) is 3.85. The maximum atomic E-state index is 12.6. The highest BCUT2D eigenvalue weighted by Gasteiger charge is 2.39. The van der Waals surface area contributed by atoms with Crippen LogP contribution in [0, 0.1) is 5.92 Å². The van der Waals surface area contributed by atoms with Crippen molar-refractivity contribution in [3.63, 3.8) is 0 Å². The summed E-state index contributed by atoms with van der Waals surface area (Å²) < 4.78 is 63.8. The zero-order valence-corrected chi connectivity index (χ0v) is 12.2. The lowest BCUT2D eigenvalue weighted by molar-refractivity contribution is -0.136. The molecule has 0 spiro atoms. The number of aromatic nitrogens is 2. The maximum Gasteiger partial charge on any atom is 0.402 e. The molecule has 116 valence electrons. The Balaban J connectivity index is 3.24. The first-order valence-corrected chi connectivity index (χ1v) is 7.23. The van der Waals surface area contributed by atoms with Gasteiger partial charge in [-0.2, -0.15) is 17.5 Å². The number of halogens is 3. The van der Waals surface area contributed by atoms with Crippen LogP contribution in [-0.4, -0.2) is 41.5 Å². The van der Waals surface area contributed by atoms with Crippen molar-refractivity contribution in [2.24, 2.45) is 13.0 Å². The Hall–Kier alpha value is -1.29. The van der Waals surface area contributed by atoms with Gasteiger partial charge in [0.25, 0.3) is 10.0 Å². The minimum Gasteiger partial charge on any atom is -0.381 e. The van der Waals surface area contributed by atoms with Crippen molar-refractivity contribution in [1.82, 2.24) is 13.9 Å². The monoisotopic (exact) mass is 314 g/mol. The summed E-state index contributed by atoms with van der Waals surface area (Å²) in [4.78, 5) is 3.59. The molecule has 0 bridgehead atoms. The molecule has 0 unspecified atom stereocenters. The Morgan fingerprint density at radius 2 is 2.00 bits per heavy atom. The molecule has 0 radical (unpaired) electrons. The summed E-state index contributed by atoms with van der Waals surface area (Å²) in [6.07, 6.45) is -3.49. The number of nitrogen functional groups attached to an aromatic ring is 1. The van der Waals surface area contributed by atoms with Gasteiger partial charge in [-0.25, -0.2) is 13.4 Å². The lowest BCUT2D eigenvalue weighted by Gasteiger charge is -2.25. The van der Waals surface area contributed by atoms with Crippen molar-refractivity contribution in [3.8, 4) is 0 Å². The van der Waals surface area contributed by atoms with Crippen LogP contribution in [-0.2, 0) is 17.1 Å². The fraction of sp³-hybridized carbons (Fsp3) is 0.700. The molecule has 0 aliphatic carbocycles. The number of nitrogens with zero attached hydrogens (tertiary/aromatic N) is 3. The molecule has 6 nitrogen and oxygen atoms in total. The zero-order valence-electron chi connectivity index (χ0n) is 11.3. The SMILES string of the molecule is CC(C)CN(CC(F)(F)F)S(=O)(=O)c1c(N)ncn1C. The van der Waals surface area contributed by atoms with Gasteiger partial charge in [-0.05, 0) is 5.92 Å². The van der Waals surface area contributed by atoms with E-state index in [1.807, 2.05) is 0 Å². The highest BCUT2D eigenvalue weighted by molar-refractivity contribution is 7.89. The second kappa shape index (κ2) is 5.60. The summed E-state index contributed by atoms with van der Waals surface area (Å²) in [6, 6.07) is 0. The normalized spacial score (nSPS) is 13.4. The molecule has 1 rings (SSSR count). The van der Waals surface area contributed by atoms with Gasteiger partial charge < -0.3 is 10.3 Å². The molecule has 0 saturated heterocycles. The Labute approximate surface area is 115 Å². The molecular weight excluding hydrogens is 297 g/mol. The predicted molar refractivity (Wildman–Crippen MR) is 67.3 cm³/mol. The summed E-state index contributed by atoms with van der Waals surface area (Å²) in [5, 5.41) is -0.428. The third-order valence-electron chi connectivity index (χ3n) is 2.42. The summed E-state index contributed by atoms with van der Waals surface area (Å²) in [5.74, 6) is -0.579. The number of aryl methyl sites for hydroxylation is 1. The minimum absolute atomic E-state index is 0.257. The molecule has 20 heavy (non-hydrogen) atoms. The van der Waals surface area contributed by atoms with Gasteiger partial charge in [-0.1, -0.05) is 13.8 Å². The van der Waals surface area contributed by atoms with E-state index in [2.05, 4.69) is 4.98 Å². The molecule has 1 aromatic heterocycles. The molecule has 1 aromatic rings.